The van der Waals surface area contributed by atoms with E-state index >= 15 is 0 Å². The quantitative estimate of drug-likeness (QED) is 0.742. The second-order valence-electron chi connectivity index (χ2n) is 2.66. The number of aromatic nitrogens is 2. The van der Waals surface area contributed by atoms with Crippen LogP contribution in [0, 0.1) is 0 Å². The Bertz CT molecular complexity index is 422. The Morgan fingerprint density at radius 2 is 2.38 bits per heavy atom. The number of rotatable bonds is 2. The number of fused-ring (bicyclic) bond motifs is 1. The predicted molar refractivity (Wildman–Crippen MR) is 56.0 cm³/mol. The number of thioether (sulfide) groups is 1. The van der Waals surface area contributed by atoms with E-state index in [-0.39, 0.29) is 0 Å². The first-order valence-corrected chi connectivity index (χ1v) is 5.17. The van der Waals surface area contributed by atoms with Gasteiger partial charge in [-0.1, -0.05) is 13.0 Å². The molecule has 2 aromatic rings. The van der Waals surface area contributed by atoms with Crippen molar-refractivity contribution in [3.8, 4) is 0 Å². The summed E-state index contributed by atoms with van der Waals surface area (Å²) in [7, 11) is 0. The number of imidazole rings is 1. The van der Waals surface area contributed by atoms with Gasteiger partial charge in [0.1, 0.15) is 10.7 Å². The molecule has 0 spiro atoms. The number of anilines is 1. The average molecular weight is 193 g/mol. The number of hydrogen-bond acceptors (Lipinski definition) is 3. The van der Waals surface area contributed by atoms with E-state index in [2.05, 4.69) is 11.9 Å². The van der Waals surface area contributed by atoms with Crippen LogP contribution in [0.25, 0.3) is 5.65 Å². The summed E-state index contributed by atoms with van der Waals surface area (Å²) in [5, 5.41) is 1.04. The molecule has 68 valence electrons. The molecule has 0 saturated heterocycles. The highest BCUT2D eigenvalue weighted by atomic mass is 32.2. The molecule has 0 bridgehead atoms. The first-order valence-electron chi connectivity index (χ1n) is 4.18. The molecule has 2 heterocycles. The summed E-state index contributed by atoms with van der Waals surface area (Å²) in [6.07, 6.45) is 1.98. The van der Waals surface area contributed by atoms with Crippen LogP contribution in [0.15, 0.2) is 29.4 Å². The first kappa shape index (κ1) is 8.44. The Morgan fingerprint density at radius 1 is 1.54 bits per heavy atom. The van der Waals surface area contributed by atoms with Gasteiger partial charge >= 0.3 is 0 Å². The summed E-state index contributed by atoms with van der Waals surface area (Å²) in [5.74, 6) is 1.63. The Kier molecular flexibility index (Phi) is 2.14. The molecule has 0 amide bonds. The van der Waals surface area contributed by atoms with Crippen molar-refractivity contribution in [2.24, 2.45) is 0 Å². The smallest absolute Gasteiger partial charge is 0.156 e. The lowest BCUT2D eigenvalue weighted by molar-refractivity contribution is 1.05. The van der Waals surface area contributed by atoms with Gasteiger partial charge in [-0.05, 0) is 17.9 Å². The van der Waals surface area contributed by atoms with Gasteiger partial charge < -0.3 is 5.73 Å². The molecule has 0 unspecified atom stereocenters. The van der Waals surface area contributed by atoms with E-state index in [0.29, 0.717) is 5.82 Å². The zero-order valence-electron chi connectivity index (χ0n) is 7.40. The van der Waals surface area contributed by atoms with E-state index in [4.69, 9.17) is 5.73 Å². The lowest BCUT2D eigenvalue weighted by Crippen LogP contribution is -1.89. The summed E-state index contributed by atoms with van der Waals surface area (Å²) in [5.41, 5.74) is 6.70. The van der Waals surface area contributed by atoms with Crippen molar-refractivity contribution in [1.82, 2.24) is 9.38 Å². The molecule has 2 rings (SSSR count). The van der Waals surface area contributed by atoms with Gasteiger partial charge in [0.05, 0.1) is 0 Å². The maximum atomic E-state index is 5.79. The highest BCUT2D eigenvalue weighted by molar-refractivity contribution is 7.99. The Labute approximate surface area is 81.0 Å². The zero-order chi connectivity index (χ0) is 9.26. The maximum Gasteiger partial charge on any atom is 0.156 e. The van der Waals surface area contributed by atoms with Crippen molar-refractivity contribution in [1.29, 1.82) is 0 Å². The lowest BCUT2D eigenvalue weighted by atomic mass is 10.5. The van der Waals surface area contributed by atoms with Crippen LogP contribution in [0.1, 0.15) is 6.92 Å². The van der Waals surface area contributed by atoms with Crippen LogP contribution >= 0.6 is 11.8 Å². The molecular formula is C9H11N3S. The molecule has 0 radical (unpaired) electrons. The number of nitrogen functional groups attached to an aromatic ring is 1. The van der Waals surface area contributed by atoms with Crippen molar-refractivity contribution in [2.45, 2.75) is 11.9 Å². The van der Waals surface area contributed by atoms with E-state index < -0.39 is 0 Å². The van der Waals surface area contributed by atoms with Crippen LogP contribution in [0.5, 0.6) is 0 Å². The summed E-state index contributed by atoms with van der Waals surface area (Å²) < 4.78 is 2.02. The van der Waals surface area contributed by atoms with Crippen molar-refractivity contribution in [3.63, 3.8) is 0 Å². The van der Waals surface area contributed by atoms with Gasteiger partial charge in [0, 0.05) is 6.20 Å². The van der Waals surface area contributed by atoms with Crippen LogP contribution < -0.4 is 5.73 Å². The van der Waals surface area contributed by atoms with Gasteiger partial charge in [-0.3, -0.25) is 4.40 Å². The van der Waals surface area contributed by atoms with Crippen LogP contribution in [0.4, 0.5) is 5.82 Å². The Hall–Kier alpha value is -1.16. The van der Waals surface area contributed by atoms with Gasteiger partial charge in [-0.15, -0.1) is 11.8 Å². The fraction of sp³-hybridized carbons (Fsp3) is 0.222. The number of hydrogen-bond donors (Lipinski definition) is 1. The summed E-state index contributed by atoms with van der Waals surface area (Å²) >= 11 is 1.71. The second kappa shape index (κ2) is 3.30. The van der Waals surface area contributed by atoms with Crippen LogP contribution in [-0.4, -0.2) is 15.1 Å². The van der Waals surface area contributed by atoms with Gasteiger partial charge in [0.15, 0.2) is 5.82 Å². The summed E-state index contributed by atoms with van der Waals surface area (Å²) in [4.78, 5) is 4.25. The van der Waals surface area contributed by atoms with E-state index in [1.807, 2.05) is 28.8 Å². The van der Waals surface area contributed by atoms with Gasteiger partial charge in [0.25, 0.3) is 0 Å². The Balaban J connectivity index is 2.64. The van der Waals surface area contributed by atoms with Gasteiger partial charge in [-0.2, -0.15) is 0 Å². The molecule has 0 atom stereocenters. The van der Waals surface area contributed by atoms with Gasteiger partial charge in [-0.25, -0.2) is 4.98 Å². The molecule has 2 N–H and O–H groups in total. The SMILES string of the molecule is CCSc1c(N)nc2ccccn12. The lowest BCUT2D eigenvalue weighted by Gasteiger charge is -1.98. The summed E-state index contributed by atoms with van der Waals surface area (Å²) in [6, 6.07) is 5.89. The molecule has 13 heavy (non-hydrogen) atoms. The molecule has 0 fully saturated rings. The number of nitrogens with zero attached hydrogens (tertiary/aromatic N) is 2. The molecule has 0 aliphatic heterocycles. The molecule has 2 aromatic heterocycles. The highest BCUT2D eigenvalue weighted by Gasteiger charge is 2.07. The van der Waals surface area contributed by atoms with E-state index in [0.717, 1.165) is 16.4 Å². The minimum atomic E-state index is 0.623. The molecule has 3 nitrogen and oxygen atoms in total. The van der Waals surface area contributed by atoms with E-state index in [9.17, 15) is 0 Å². The van der Waals surface area contributed by atoms with Gasteiger partial charge in [0.2, 0.25) is 0 Å². The van der Waals surface area contributed by atoms with Crippen molar-refractivity contribution in [3.05, 3.63) is 24.4 Å². The third-order valence-electron chi connectivity index (χ3n) is 1.79. The van der Waals surface area contributed by atoms with Crippen LogP contribution in [0.3, 0.4) is 0 Å². The molecule has 0 aliphatic rings. The normalized spacial score (nSPS) is 10.8. The minimum Gasteiger partial charge on any atom is -0.381 e. The maximum absolute atomic E-state index is 5.79. The highest BCUT2D eigenvalue weighted by Crippen LogP contribution is 2.25. The number of pyridine rings is 1. The first-order chi connectivity index (χ1) is 6.33. The third-order valence-corrected chi connectivity index (χ3v) is 2.76. The predicted octanol–water partition coefficient (Wildman–Crippen LogP) is 2.03. The molecular weight excluding hydrogens is 182 g/mol. The molecule has 0 aliphatic carbocycles. The fourth-order valence-electron chi connectivity index (χ4n) is 1.27. The van der Waals surface area contributed by atoms with Crippen molar-refractivity contribution in [2.75, 3.05) is 11.5 Å². The zero-order valence-corrected chi connectivity index (χ0v) is 8.21. The number of nitrogens with two attached hydrogens (primary N) is 1. The monoisotopic (exact) mass is 193 g/mol. The van der Waals surface area contributed by atoms with Crippen LogP contribution in [-0.2, 0) is 0 Å². The largest absolute Gasteiger partial charge is 0.381 e. The molecule has 4 heteroatoms. The molecule has 0 saturated carbocycles. The molecule has 0 aromatic carbocycles. The standard InChI is InChI=1S/C9H11N3S/c1-2-13-9-8(10)11-7-5-3-4-6-12(7)9/h3-6H,2,10H2,1H3. The average Bonchev–Trinajstić information content (AvgIpc) is 2.44. The Morgan fingerprint density at radius 3 is 3.15 bits per heavy atom. The van der Waals surface area contributed by atoms with E-state index in [1.54, 1.807) is 11.8 Å². The second-order valence-corrected chi connectivity index (χ2v) is 3.92. The topological polar surface area (TPSA) is 43.3 Å². The minimum absolute atomic E-state index is 0.623. The van der Waals surface area contributed by atoms with Crippen molar-refractivity contribution >= 4 is 23.2 Å². The summed E-state index contributed by atoms with van der Waals surface area (Å²) in [6.45, 7) is 2.10. The fourth-order valence-corrected chi connectivity index (χ4v) is 2.03. The van der Waals surface area contributed by atoms with Crippen molar-refractivity contribution < 1.29 is 0 Å². The third kappa shape index (κ3) is 1.37. The van der Waals surface area contributed by atoms with Crippen LogP contribution in [0.2, 0.25) is 0 Å². The van der Waals surface area contributed by atoms with E-state index in [1.165, 1.54) is 0 Å².